The lowest BCUT2D eigenvalue weighted by molar-refractivity contribution is -0.111. The van der Waals surface area contributed by atoms with E-state index in [-0.39, 0.29) is 5.91 Å². The molecule has 0 bridgehead atoms. The molecule has 0 spiro atoms. The average molecular weight is 348 g/mol. The number of carbonyl (C=O) groups is 2. The zero-order chi connectivity index (χ0) is 18.4. The number of hydrogen-bond acceptors (Lipinski definition) is 5. The van der Waals surface area contributed by atoms with Crippen molar-refractivity contribution >= 4 is 23.6 Å². The number of nitrogens with zero attached hydrogens (tertiary/aromatic N) is 3. The Bertz CT molecular complexity index is 932. The molecule has 0 atom stereocenters. The molecule has 0 saturated heterocycles. The summed E-state index contributed by atoms with van der Waals surface area (Å²) in [7, 11) is 1.33. The van der Waals surface area contributed by atoms with Gasteiger partial charge in [0.25, 0.3) is 0 Å². The van der Waals surface area contributed by atoms with E-state index in [0.29, 0.717) is 16.9 Å². The molecule has 26 heavy (non-hydrogen) atoms. The number of nitrogens with one attached hydrogen (secondary N) is 1. The van der Waals surface area contributed by atoms with Gasteiger partial charge in [-0.1, -0.05) is 24.3 Å². The zero-order valence-corrected chi connectivity index (χ0v) is 14.0. The molecule has 2 aromatic carbocycles. The van der Waals surface area contributed by atoms with Crippen molar-refractivity contribution in [1.82, 2.24) is 14.8 Å². The second-order valence-corrected chi connectivity index (χ2v) is 5.29. The second kappa shape index (κ2) is 7.89. The number of rotatable bonds is 5. The molecule has 1 N–H and O–H groups in total. The molecule has 0 aliphatic rings. The van der Waals surface area contributed by atoms with E-state index in [1.165, 1.54) is 19.5 Å². The normalized spacial score (nSPS) is 10.7. The van der Waals surface area contributed by atoms with Crippen LogP contribution in [0.25, 0.3) is 11.8 Å². The summed E-state index contributed by atoms with van der Waals surface area (Å²) >= 11 is 0. The Morgan fingerprint density at radius 2 is 1.88 bits per heavy atom. The van der Waals surface area contributed by atoms with Crippen LogP contribution in [0.3, 0.4) is 0 Å². The van der Waals surface area contributed by atoms with Crippen molar-refractivity contribution in [2.75, 3.05) is 12.4 Å². The molecule has 1 amide bonds. The lowest BCUT2D eigenvalue weighted by atomic mass is 10.1. The molecule has 130 valence electrons. The van der Waals surface area contributed by atoms with Crippen LogP contribution < -0.4 is 5.32 Å². The Hall–Kier alpha value is -3.74. The molecule has 7 nitrogen and oxygen atoms in total. The largest absolute Gasteiger partial charge is 0.465 e. The molecule has 7 heteroatoms. The number of carbonyl (C=O) groups excluding carboxylic acids is 2. The highest BCUT2D eigenvalue weighted by atomic mass is 16.5. The van der Waals surface area contributed by atoms with Crippen molar-refractivity contribution in [3.05, 3.63) is 78.4 Å². The summed E-state index contributed by atoms with van der Waals surface area (Å²) < 4.78 is 6.22. The van der Waals surface area contributed by atoms with Crippen LogP contribution in [0.4, 0.5) is 5.69 Å². The molecule has 3 rings (SSSR count). The quantitative estimate of drug-likeness (QED) is 0.566. The number of ether oxygens (including phenoxy) is 1. The molecule has 0 unspecified atom stereocenters. The van der Waals surface area contributed by atoms with Gasteiger partial charge in [-0.3, -0.25) is 4.79 Å². The van der Waals surface area contributed by atoms with Gasteiger partial charge in [0.15, 0.2) is 0 Å². The number of esters is 1. The van der Waals surface area contributed by atoms with Crippen molar-refractivity contribution < 1.29 is 14.3 Å². The number of amides is 1. The number of para-hydroxylation sites is 2. The predicted octanol–water partition coefficient (Wildman–Crippen LogP) is 2.71. The first kappa shape index (κ1) is 17.1. The summed E-state index contributed by atoms with van der Waals surface area (Å²) in [6.07, 6.45) is 6.07. The Kier molecular flexibility index (Phi) is 5.19. The first-order chi connectivity index (χ1) is 12.7. The summed E-state index contributed by atoms with van der Waals surface area (Å²) in [5.41, 5.74) is 2.58. The van der Waals surface area contributed by atoms with E-state index in [2.05, 4.69) is 20.1 Å². The molecule has 0 aliphatic heterocycles. The third-order valence-corrected chi connectivity index (χ3v) is 3.59. The highest BCUT2D eigenvalue weighted by molar-refractivity contribution is 6.03. The maximum absolute atomic E-state index is 12.2. The van der Waals surface area contributed by atoms with Gasteiger partial charge in [-0.05, 0) is 35.9 Å². The topological polar surface area (TPSA) is 86.1 Å². The standard InChI is InChI=1S/C19H16N4O3/c1-26-19(25)15-9-6-14(7-10-15)8-11-18(24)22-16-4-2-3-5-17(16)23-13-20-12-21-23/h2-13H,1H3,(H,22,24)/b11-8+. The lowest BCUT2D eigenvalue weighted by Gasteiger charge is -2.09. The number of methoxy groups -OCH3 is 1. The Labute approximate surface area is 149 Å². The van der Waals surface area contributed by atoms with Crippen LogP contribution in [0.5, 0.6) is 0 Å². The maximum atomic E-state index is 12.2. The van der Waals surface area contributed by atoms with Gasteiger partial charge in [0.1, 0.15) is 12.7 Å². The lowest BCUT2D eigenvalue weighted by Crippen LogP contribution is -2.10. The molecular weight excluding hydrogens is 332 g/mol. The molecule has 1 heterocycles. The van der Waals surface area contributed by atoms with Crippen molar-refractivity contribution in [3.63, 3.8) is 0 Å². The molecule has 0 fully saturated rings. The van der Waals surface area contributed by atoms with Crippen LogP contribution in [0.2, 0.25) is 0 Å². The molecule has 1 aromatic heterocycles. The smallest absolute Gasteiger partial charge is 0.337 e. The predicted molar refractivity (Wildman–Crippen MR) is 96.8 cm³/mol. The van der Waals surface area contributed by atoms with Crippen molar-refractivity contribution in [1.29, 1.82) is 0 Å². The SMILES string of the molecule is COC(=O)c1ccc(/C=C/C(=O)Nc2ccccc2-n2cncn2)cc1. The monoisotopic (exact) mass is 348 g/mol. The van der Waals surface area contributed by atoms with Crippen LogP contribution in [0, 0.1) is 0 Å². The summed E-state index contributed by atoms with van der Waals surface area (Å²) in [6.45, 7) is 0. The summed E-state index contributed by atoms with van der Waals surface area (Å²) in [4.78, 5) is 27.5. The van der Waals surface area contributed by atoms with Crippen LogP contribution in [0.1, 0.15) is 15.9 Å². The van der Waals surface area contributed by atoms with Gasteiger partial charge in [-0.15, -0.1) is 0 Å². The Balaban J connectivity index is 1.70. The van der Waals surface area contributed by atoms with E-state index in [4.69, 9.17) is 0 Å². The van der Waals surface area contributed by atoms with E-state index in [1.807, 2.05) is 18.2 Å². The van der Waals surface area contributed by atoms with Gasteiger partial charge in [-0.25, -0.2) is 14.5 Å². The van der Waals surface area contributed by atoms with Crippen molar-refractivity contribution in [2.45, 2.75) is 0 Å². The van der Waals surface area contributed by atoms with E-state index < -0.39 is 5.97 Å². The summed E-state index contributed by atoms with van der Waals surface area (Å²) in [6, 6.07) is 14.1. The van der Waals surface area contributed by atoms with Crippen molar-refractivity contribution in [2.24, 2.45) is 0 Å². The molecular formula is C19H16N4O3. The van der Waals surface area contributed by atoms with E-state index in [0.717, 1.165) is 5.56 Å². The highest BCUT2D eigenvalue weighted by Gasteiger charge is 2.07. The van der Waals surface area contributed by atoms with E-state index in [9.17, 15) is 9.59 Å². The summed E-state index contributed by atoms with van der Waals surface area (Å²) in [5.74, 6) is -0.683. The fraction of sp³-hybridized carbons (Fsp3) is 0.0526. The van der Waals surface area contributed by atoms with E-state index in [1.54, 1.807) is 47.4 Å². The molecule has 3 aromatic rings. The number of benzene rings is 2. The van der Waals surface area contributed by atoms with Gasteiger partial charge in [-0.2, -0.15) is 5.10 Å². The van der Waals surface area contributed by atoms with Crippen LogP contribution in [-0.2, 0) is 9.53 Å². The van der Waals surface area contributed by atoms with Gasteiger partial charge in [0.2, 0.25) is 5.91 Å². The summed E-state index contributed by atoms with van der Waals surface area (Å²) in [5, 5.41) is 6.90. The Morgan fingerprint density at radius 1 is 1.12 bits per heavy atom. The maximum Gasteiger partial charge on any atom is 0.337 e. The third-order valence-electron chi connectivity index (χ3n) is 3.59. The fourth-order valence-corrected chi connectivity index (χ4v) is 2.31. The average Bonchev–Trinajstić information content (AvgIpc) is 3.21. The number of aromatic nitrogens is 3. The zero-order valence-electron chi connectivity index (χ0n) is 14.0. The Morgan fingerprint density at radius 3 is 2.58 bits per heavy atom. The number of hydrogen-bond donors (Lipinski definition) is 1. The van der Waals surface area contributed by atoms with E-state index >= 15 is 0 Å². The molecule has 0 aliphatic carbocycles. The minimum atomic E-state index is -0.400. The van der Waals surface area contributed by atoms with Gasteiger partial charge in [0.05, 0.1) is 24.0 Å². The molecule has 0 radical (unpaired) electrons. The first-order valence-corrected chi connectivity index (χ1v) is 7.79. The first-order valence-electron chi connectivity index (χ1n) is 7.79. The third kappa shape index (κ3) is 4.02. The number of anilines is 1. The highest BCUT2D eigenvalue weighted by Crippen LogP contribution is 2.18. The molecule has 0 saturated carbocycles. The van der Waals surface area contributed by atoms with Gasteiger partial charge < -0.3 is 10.1 Å². The van der Waals surface area contributed by atoms with Gasteiger partial charge >= 0.3 is 5.97 Å². The second-order valence-electron chi connectivity index (χ2n) is 5.29. The fourth-order valence-electron chi connectivity index (χ4n) is 2.31. The van der Waals surface area contributed by atoms with Crippen LogP contribution >= 0.6 is 0 Å². The minimum absolute atomic E-state index is 0.283. The van der Waals surface area contributed by atoms with Crippen LogP contribution in [-0.4, -0.2) is 33.8 Å². The van der Waals surface area contributed by atoms with Crippen molar-refractivity contribution in [3.8, 4) is 5.69 Å². The van der Waals surface area contributed by atoms with Gasteiger partial charge in [0, 0.05) is 6.08 Å². The van der Waals surface area contributed by atoms with Crippen LogP contribution in [0.15, 0.2) is 67.3 Å². The minimum Gasteiger partial charge on any atom is -0.465 e.